The molecule has 2 aromatic heterocycles. The number of benzene rings is 2. The first-order chi connectivity index (χ1) is 16.6. The van der Waals surface area contributed by atoms with Gasteiger partial charge in [-0.05, 0) is 48.9 Å². The summed E-state index contributed by atoms with van der Waals surface area (Å²) in [5, 5.41) is 15.2. The van der Waals surface area contributed by atoms with Crippen molar-refractivity contribution in [3.05, 3.63) is 81.9 Å². The number of anilines is 1. The molecule has 0 bridgehead atoms. The van der Waals surface area contributed by atoms with Gasteiger partial charge in [-0.3, -0.25) is 4.79 Å². The van der Waals surface area contributed by atoms with Crippen molar-refractivity contribution < 1.29 is 9.18 Å². The number of carbonyl (C=O) groups excluding carboxylic acids is 1. The Morgan fingerprint density at radius 2 is 1.94 bits per heavy atom. The maximum absolute atomic E-state index is 16.4. The third-order valence-corrected chi connectivity index (χ3v) is 7.60. The molecule has 1 amide bonds. The Kier molecular flexibility index (Phi) is 7.62. The predicted molar refractivity (Wildman–Crippen MR) is 140 cm³/mol. The minimum atomic E-state index is -1.47. The number of piperidine rings is 1. The van der Waals surface area contributed by atoms with Gasteiger partial charge in [0, 0.05) is 29.6 Å². The Balaban J connectivity index is 0.00000289. The number of hydrogen-bond donors (Lipinski definition) is 1. The van der Waals surface area contributed by atoms with Crippen LogP contribution in [0.15, 0.2) is 60.8 Å². The minimum Gasteiger partial charge on any atom is -0.344 e. The van der Waals surface area contributed by atoms with Gasteiger partial charge in [0.2, 0.25) is 0 Å². The lowest BCUT2D eigenvalue weighted by Gasteiger charge is -2.42. The number of fused-ring (bicyclic) bond motifs is 1. The standard InChI is InChI=1S/C26H26FN5OS.ClH/c1-3-20-30-31-26(34-20)19-13-15-32(24-21-16(2)8-7-11-17(21)12-14-28-24)23(27)22(19)29-25(33)18-9-5-4-6-10-18;/h4-12,14,19,22-23H,3,13,15H2,1-2H3,(H,29,33);1H/t19-,22-,23+;/m1./s1. The molecule has 6 nitrogen and oxygen atoms in total. The quantitative estimate of drug-likeness (QED) is 0.360. The topological polar surface area (TPSA) is 71.0 Å². The Labute approximate surface area is 214 Å². The summed E-state index contributed by atoms with van der Waals surface area (Å²) >= 11 is 1.50. The SMILES string of the molecule is CCc1nnc([C@@H]2CCN(c3nccc4cccc(C)c34)[C@H](F)[C@@H]2NC(=O)c2ccccc2)s1.Cl. The fourth-order valence-corrected chi connectivity index (χ4v) is 5.59. The number of aromatic nitrogens is 3. The summed E-state index contributed by atoms with van der Waals surface area (Å²) in [7, 11) is 0. The second-order valence-corrected chi connectivity index (χ2v) is 9.62. The number of amides is 1. The van der Waals surface area contributed by atoms with Crippen molar-refractivity contribution in [3.8, 4) is 0 Å². The van der Waals surface area contributed by atoms with E-state index in [1.54, 1.807) is 35.4 Å². The van der Waals surface area contributed by atoms with Crippen LogP contribution in [0.1, 0.15) is 45.2 Å². The smallest absolute Gasteiger partial charge is 0.251 e. The fraction of sp³-hybridized carbons (Fsp3) is 0.308. The number of rotatable bonds is 5. The summed E-state index contributed by atoms with van der Waals surface area (Å²) in [6, 6.07) is 16.1. The first-order valence-electron chi connectivity index (χ1n) is 11.5. The van der Waals surface area contributed by atoms with E-state index in [9.17, 15) is 4.79 Å². The van der Waals surface area contributed by atoms with Gasteiger partial charge >= 0.3 is 0 Å². The summed E-state index contributed by atoms with van der Waals surface area (Å²) in [6.45, 7) is 4.49. The zero-order valence-electron chi connectivity index (χ0n) is 19.5. The molecule has 0 saturated carbocycles. The molecule has 0 spiro atoms. The molecule has 3 heterocycles. The Morgan fingerprint density at radius 1 is 1.14 bits per heavy atom. The predicted octanol–water partition coefficient (Wildman–Crippen LogP) is 5.47. The number of pyridine rings is 1. The van der Waals surface area contributed by atoms with Crippen LogP contribution in [0, 0.1) is 6.92 Å². The second kappa shape index (κ2) is 10.7. The van der Waals surface area contributed by atoms with Crippen LogP contribution in [0.25, 0.3) is 10.8 Å². The third kappa shape index (κ3) is 4.86. The molecule has 1 aliphatic heterocycles. The normalized spacial score (nSPS) is 19.9. The van der Waals surface area contributed by atoms with Crippen LogP contribution in [0.2, 0.25) is 0 Å². The molecule has 5 rings (SSSR count). The molecule has 0 unspecified atom stereocenters. The summed E-state index contributed by atoms with van der Waals surface area (Å²) in [4.78, 5) is 19.3. The van der Waals surface area contributed by atoms with Crippen molar-refractivity contribution in [1.82, 2.24) is 20.5 Å². The molecular weight excluding hydrogens is 485 g/mol. The maximum Gasteiger partial charge on any atom is 0.251 e. The first-order valence-corrected chi connectivity index (χ1v) is 12.3. The number of nitrogens with zero attached hydrogens (tertiary/aromatic N) is 4. The van der Waals surface area contributed by atoms with E-state index in [0.717, 1.165) is 32.8 Å². The zero-order chi connectivity index (χ0) is 23.7. The van der Waals surface area contributed by atoms with Crippen molar-refractivity contribution in [2.24, 2.45) is 0 Å². The van der Waals surface area contributed by atoms with Gasteiger partial charge in [0.05, 0.1) is 6.04 Å². The van der Waals surface area contributed by atoms with Crippen molar-refractivity contribution in [2.45, 2.75) is 44.9 Å². The van der Waals surface area contributed by atoms with Gasteiger partial charge in [-0.15, -0.1) is 33.9 Å². The molecule has 3 atom stereocenters. The molecule has 0 radical (unpaired) electrons. The first kappa shape index (κ1) is 25.0. The highest BCUT2D eigenvalue weighted by Crippen LogP contribution is 2.38. The zero-order valence-corrected chi connectivity index (χ0v) is 21.2. The number of carbonyl (C=O) groups is 1. The van der Waals surface area contributed by atoms with Crippen molar-refractivity contribution in [2.75, 3.05) is 11.4 Å². The summed E-state index contributed by atoms with van der Waals surface area (Å²) in [5.41, 5.74) is 1.53. The molecule has 35 heavy (non-hydrogen) atoms. The van der Waals surface area contributed by atoms with Crippen molar-refractivity contribution >= 4 is 46.2 Å². The van der Waals surface area contributed by atoms with E-state index in [1.165, 1.54) is 11.3 Å². The van der Waals surface area contributed by atoms with Gasteiger partial charge in [-0.2, -0.15) is 0 Å². The van der Waals surface area contributed by atoms with Gasteiger partial charge in [0.25, 0.3) is 5.91 Å². The molecule has 1 fully saturated rings. The van der Waals surface area contributed by atoms with Crippen LogP contribution in [0.5, 0.6) is 0 Å². The van der Waals surface area contributed by atoms with Crippen LogP contribution in [-0.4, -0.2) is 40.0 Å². The van der Waals surface area contributed by atoms with E-state index in [0.29, 0.717) is 24.3 Å². The van der Waals surface area contributed by atoms with E-state index in [1.807, 2.05) is 44.2 Å². The lowest BCUT2D eigenvalue weighted by molar-refractivity contribution is 0.0873. The van der Waals surface area contributed by atoms with E-state index >= 15 is 4.39 Å². The summed E-state index contributed by atoms with van der Waals surface area (Å²) in [6.07, 6.45) is 1.64. The number of hydrogen-bond acceptors (Lipinski definition) is 6. The number of halogens is 2. The monoisotopic (exact) mass is 511 g/mol. The van der Waals surface area contributed by atoms with Crippen LogP contribution < -0.4 is 10.2 Å². The fourth-order valence-electron chi connectivity index (χ4n) is 4.62. The van der Waals surface area contributed by atoms with Gasteiger partial charge in [0.1, 0.15) is 15.8 Å². The van der Waals surface area contributed by atoms with Crippen molar-refractivity contribution in [1.29, 1.82) is 0 Å². The Morgan fingerprint density at radius 3 is 2.69 bits per heavy atom. The summed E-state index contributed by atoms with van der Waals surface area (Å²) in [5.74, 6) is 0.0298. The molecule has 9 heteroatoms. The lowest BCUT2D eigenvalue weighted by Crippen LogP contribution is -2.57. The van der Waals surface area contributed by atoms with Gasteiger partial charge < -0.3 is 10.2 Å². The Bertz CT molecular complexity index is 1310. The highest BCUT2D eigenvalue weighted by atomic mass is 35.5. The Hall–Kier alpha value is -3.10. The number of aryl methyl sites for hydroxylation is 2. The second-order valence-electron chi connectivity index (χ2n) is 8.52. The number of alkyl halides is 1. The molecule has 1 saturated heterocycles. The highest BCUT2D eigenvalue weighted by molar-refractivity contribution is 7.11. The molecular formula is C26H27ClFN5OS. The largest absolute Gasteiger partial charge is 0.344 e. The molecule has 0 aliphatic carbocycles. The number of nitrogens with one attached hydrogen (secondary N) is 1. The van der Waals surface area contributed by atoms with Gasteiger partial charge in [-0.1, -0.05) is 43.3 Å². The van der Waals surface area contributed by atoms with E-state index < -0.39 is 12.3 Å². The van der Waals surface area contributed by atoms with E-state index in [4.69, 9.17) is 0 Å². The van der Waals surface area contributed by atoms with Crippen LogP contribution in [-0.2, 0) is 6.42 Å². The molecule has 1 aliphatic rings. The van der Waals surface area contributed by atoms with E-state index in [-0.39, 0.29) is 24.2 Å². The average Bonchev–Trinajstić information content (AvgIpc) is 3.35. The molecule has 1 N–H and O–H groups in total. The lowest BCUT2D eigenvalue weighted by atomic mass is 9.90. The van der Waals surface area contributed by atoms with E-state index in [2.05, 4.69) is 20.5 Å². The van der Waals surface area contributed by atoms with Gasteiger partial charge in [-0.25, -0.2) is 9.37 Å². The molecule has 4 aromatic rings. The average molecular weight is 512 g/mol. The van der Waals surface area contributed by atoms with Crippen LogP contribution >= 0.6 is 23.7 Å². The highest BCUT2D eigenvalue weighted by Gasteiger charge is 2.43. The van der Waals surface area contributed by atoms with Crippen LogP contribution in [0.4, 0.5) is 10.2 Å². The maximum atomic E-state index is 16.4. The van der Waals surface area contributed by atoms with Gasteiger partial charge in [0.15, 0.2) is 6.30 Å². The summed E-state index contributed by atoms with van der Waals surface area (Å²) < 4.78 is 16.4. The molecule has 2 aromatic carbocycles. The van der Waals surface area contributed by atoms with Crippen molar-refractivity contribution in [3.63, 3.8) is 0 Å². The molecule has 182 valence electrons. The minimum absolute atomic E-state index is 0. The van der Waals surface area contributed by atoms with Crippen LogP contribution in [0.3, 0.4) is 0 Å². The third-order valence-electron chi connectivity index (χ3n) is 6.40.